The van der Waals surface area contributed by atoms with Gasteiger partial charge in [-0.25, -0.2) is 9.79 Å². The van der Waals surface area contributed by atoms with E-state index in [0.717, 1.165) is 10.4 Å². The van der Waals surface area contributed by atoms with Crippen LogP contribution in [0.4, 0.5) is 0 Å². The first-order valence-corrected chi connectivity index (χ1v) is 10.7. The lowest BCUT2D eigenvalue weighted by Gasteiger charge is -2.21. The molecular formula is C22H18N2O3S2. The average molecular weight is 423 g/mol. The average Bonchev–Trinajstić information content (AvgIpc) is 3.34. The van der Waals surface area contributed by atoms with Crippen molar-refractivity contribution in [3.8, 4) is 0 Å². The molecule has 3 heterocycles. The lowest BCUT2D eigenvalue weighted by molar-refractivity contribution is -0.136. The molecule has 1 unspecified atom stereocenters. The van der Waals surface area contributed by atoms with Gasteiger partial charge in [-0.15, -0.1) is 11.3 Å². The third kappa shape index (κ3) is 3.79. The number of ether oxygens (including phenoxy) is 1. The Morgan fingerprint density at radius 1 is 1.21 bits per heavy atom. The molecule has 3 aromatic rings. The Hall–Kier alpha value is -3.03. The molecule has 1 aliphatic rings. The second-order valence-electron chi connectivity index (χ2n) is 6.40. The van der Waals surface area contributed by atoms with Crippen molar-refractivity contribution in [3.05, 3.63) is 95.3 Å². The highest BCUT2D eigenvalue weighted by Crippen LogP contribution is 2.26. The molecular weight excluding hydrogens is 404 g/mol. The van der Waals surface area contributed by atoms with E-state index in [4.69, 9.17) is 4.74 Å². The number of fused-ring (bicyclic) bond motifs is 1. The maximum Gasteiger partial charge on any atom is 0.338 e. The summed E-state index contributed by atoms with van der Waals surface area (Å²) >= 11 is 2.89. The normalized spacial score (nSPS) is 16.8. The molecule has 1 aromatic carbocycles. The van der Waals surface area contributed by atoms with Gasteiger partial charge in [-0.2, -0.15) is 0 Å². The number of hydrogen-bond donors (Lipinski definition) is 0. The van der Waals surface area contributed by atoms with Crippen LogP contribution >= 0.6 is 22.7 Å². The van der Waals surface area contributed by atoms with Crippen molar-refractivity contribution in [2.24, 2.45) is 4.99 Å². The highest BCUT2D eigenvalue weighted by atomic mass is 32.1. The Morgan fingerprint density at radius 3 is 2.69 bits per heavy atom. The third-order valence-electron chi connectivity index (χ3n) is 4.56. The Bertz CT molecular complexity index is 1280. The molecule has 0 radical (unpaired) electrons. The summed E-state index contributed by atoms with van der Waals surface area (Å²) in [6.07, 6.45) is 5.62. The fourth-order valence-corrected chi connectivity index (χ4v) is 4.96. The first-order chi connectivity index (χ1) is 14.1. The van der Waals surface area contributed by atoms with Crippen molar-refractivity contribution in [1.29, 1.82) is 0 Å². The molecule has 0 amide bonds. The zero-order valence-corrected chi connectivity index (χ0v) is 17.5. The van der Waals surface area contributed by atoms with Crippen molar-refractivity contribution < 1.29 is 9.53 Å². The molecule has 0 fully saturated rings. The highest BCUT2D eigenvalue weighted by Gasteiger charge is 2.29. The second kappa shape index (κ2) is 8.14. The van der Waals surface area contributed by atoms with Gasteiger partial charge < -0.3 is 4.74 Å². The first kappa shape index (κ1) is 19.3. The van der Waals surface area contributed by atoms with E-state index in [1.54, 1.807) is 22.8 Å². The zero-order chi connectivity index (χ0) is 20.4. The number of thiazole rings is 1. The van der Waals surface area contributed by atoms with Gasteiger partial charge in [0.1, 0.15) is 0 Å². The van der Waals surface area contributed by atoms with E-state index in [-0.39, 0.29) is 5.56 Å². The zero-order valence-electron chi connectivity index (χ0n) is 15.9. The van der Waals surface area contributed by atoms with Gasteiger partial charge in [0.15, 0.2) is 4.80 Å². The summed E-state index contributed by atoms with van der Waals surface area (Å²) in [5, 5.41) is 1.97. The number of nitrogens with zero attached hydrogens (tertiary/aromatic N) is 2. The van der Waals surface area contributed by atoms with Gasteiger partial charge in [0.2, 0.25) is 0 Å². The van der Waals surface area contributed by atoms with Crippen molar-refractivity contribution in [2.75, 3.05) is 7.11 Å². The van der Waals surface area contributed by atoms with Gasteiger partial charge in [-0.1, -0.05) is 59.9 Å². The Morgan fingerprint density at radius 2 is 2.00 bits per heavy atom. The summed E-state index contributed by atoms with van der Waals surface area (Å²) in [6, 6.07) is 13.1. The molecule has 0 spiro atoms. The summed E-state index contributed by atoms with van der Waals surface area (Å²) in [6.45, 7) is 1.77. The fraction of sp³-hybridized carbons (Fsp3) is 0.136. The van der Waals surface area contributed by atoms with Crippen LogP contribution in [0.3, 0.4) is 0 Å². The van der Waals surface area contributed by atoms with Crippen LogP contribution in [-0.4, -0.2) is 17.6 Å². The summed E-state index contributed by atoms with van der Waals surface area (Å²) < 4.78 is 7.14. The first-order valence-electron chi connectivity index (χ1n) is 8.96. The monoisotopic (exact) mass is 422 g/mol. The van der Waals surface area contributed by atoms with E-state index in [1.807, 2.05) is 66.1 Å². The van der Waals surface area contributed by atoms with E-state index in [9.17, 15) is 9.59 Å². The van der Waals surface area contributed by atoms with E-state index >= 15 is 0 Å². The van der Waals surface area contributed by atoms with Gasteiger partial charge in [-0.3, -0.25) is 9.36 Å². The number of esters is 1. The molecule has 0 bridgehead atoms. The van der Waals surface area contributed by atoms with E-state index in [2.05, 4.69) is 4.99 Å². The Labute approximate surface area is 175 Å². The number of thiophene rings is 1. The summed E-state index contributed by atoms with van der Waals surface area (Å²) in [7, 11) is 1.34. The van der Waals surface area contributed by atoms with Crippen LogP contribution in [-0.2, 0) is 9.53 Å². The molecule has 5 nitrogen and oxygen atoms in total. The fourth-order valence-electron chi connectivity index (χ4n) is 3.19. The lowest BCUT2D eigenvalue weighted by atomic mass is 10.0. The van der Waals surface area contributed by atoms with Crippen LogP contribution in [0.5, 0.6) is 0 Å². The smallest absolute Gasteiger partial charge is 0.338 e. The predicted molar refractivity (Wildman–Crippen MR) is 116 cm³/mol. The topological polar surface area (TPSA) is 60.7 Å². The third-order valence-corrected chi connectivity index (χ3v) is 6.36. The summed E-state index contributed by atoms with van der Waals surface area (Å²) in [4.78, 5) is 31.8. The molecule has 4 rings (SSSR count). The SMILES string of the molecule is COC(=O)C1=C(C)N=c2s/c(=C/c3cccs3)c(=O)n2C1/C=C/c1ccccc1. The van der Waals surface area contributed by atoms with E-state index in [0.29, 0.717) is 20.6 Å². The number of allylic oxidation sites excluding steroid dienone is 2. The van der Waals surface area contributed by atoms with Gasteiger partial charge in [0, 0.05) is 4.88 Å². The Kier molecular flexibility index (Phi) is 5.42. The molecule has 0 saturated carbocycles. The van der Waals surface area contributed by atoms with Crippen LogP contribution in [0.15, 0.2) is 75.0 Å². The largest absolute Gasteiger partial charge is 0.466 e. The second-order valence-corrected chi connectivity index (χ2v) is 8.39. The van der Waals surface area contributed by atoms with Crippen molar-refractivity contribution in [2.45, 2.75) is 13.0 Å². The predicted octanol–water partition coefficient (Wildman–Crippen LogP) is 3.13. The van der Waals surface area contributed by atoms with Crippen LogP contribution in [0.2, 0.25) is 0 Å². The van der Waals surface area contributed by atoms with E-state index < -0.39 is 12.0 Å². The molecule has 0 aliphatic carbocycles. The van der Waals surface area contributed by atoms with Crippen molar-refractivity contribution in [3.63, 3.8) is 0 Å². The van der Waals surface area contributed by atoms with Crippen molar-refractivity contribution in [1.82, 2.24) is 4.57 Å². The van der Waals surface area contributed by atoms with Crippen LogP contribution in [0, 0.1) is 0 Å². The molecule has 146 valence electrons. The number of rotatable bonds is 4. The molecule has 7 heteroatoms. The minimum absolute atomic E-state index is 0.168. The maximum absolute atomic E-state index is 13.2. The van der Waals surface area contributed by atoms with Gasteiger partial charge in [-0.05, 0) is 30.0 Å². The molecule has 0 N–H and O–H groups in total. The number of carbonyl (C=O) groups is 1. The summed E-state index contributed by atoms with van der Waals surface area (Å²) in [5.41, 5.74) is 1.74. The lowest BCUT2D eigenvalue weighted by Crippen LogP contribution is -2.38. The molecule has 2 aromatic heterocycles. The quantitative estimate of drug-likeness (QED) is 0.607. The molecule has 1 aliphatic heterocycles. The van der Waals surface area contributed by atoms with Gasteiger partial charge >= 0.3 is 5.97 Å². The van der Waals surface area contributed by atoms with Crippen molar-refractivity contribution >= 4 is 40.8 Å². The molecule has 29 heavy (non-hydrogen) atoms. The maximum atomic E-state index is 13.2. The van der Waals surface area contributed by atoms with Crippen LogP contribution in [0.1, 0.15) is 23.4 Å². The number of methoxy groups -OCH3 is 1. The minimum atomic E-state index is -0.579. The van der Waals surface area contributed by atoms with E-state index in [1.165, 1.54) is 18.4 Å². The Balaban J connectivity index is 1.89. The standard InChI is InChI=1S/C22H18N2O3S2/c1-14-19(21(26)27-2)17(11-10-15-7-4-3-5-8-15)24-20(25)18(29-22(24)23-14)13-16-9-6-12-28-16/h3-13,17H,1-2H3/b11-10+,18-13+. The molecule has 0 saturated heterocycles. The summed E-state index contributed by atoms with van der Waals surface area (Å²) in [5.74, 6) is -0.485. The number of aromatic nitrogens is 1. The number of hydrogen-bond acceptors (Lipinski definition) is 6. The van der Waals surface area contributed by atoms with Crippen LogP contribution < -0.4 is 14.9 Å². The minimum Gasteiger partial charge on any atom is -0.466 e. The molecule has 1 atom stereocenters. The van der Waals surface area contributed by atoms with Gasteiger partial charge in [0.25, 0.3) is 5.56 Å². The highest BCUT2D eigenvalue weighted by molar-refractivity contribution is 7.11. The van der Waals surface area contributed by atoms with Crippen LogP contribution in [0.25, 0.3) is 12.2 Å². The number of carbonyl (C=O) groups excluding carboxylic acids is 1. The van der Waals surface area contributed by atoms with Gasteiger partial charge in [0.05, 0.1) is 29.0 Å². The number of benzene rings is 1.